The van der Waals surface area contributed by atoms with Gasteiger partial charge in [-0.05, 0) is 12.8 Å². The van der Waals surface area contributed by atoms with Crippen LogP contribution in [0.2, 0.25) is 0 Å². The van der Waals surface area contributed by atoms with E-state index in [9.17, 15) is 9.59 Å². The molecule has 0 bridgehead atoms. The van der Waals surface area contributed by atoms with Crippen LogP contribution in [0.5, 0.6) is 0 Å². The molecule has 0 saturated heterocycles. The van der Waals surface area contributed by atoms with Crippen molar-refractivity contribution in [1.82, 2.24) is 9.80 Å². The highest BCUT2D eigenvalue weighted by molar-refractivity contribution is 5.80. The molecule has 2 amide bonds. The van der Waals surface area contributed by atoms with Gasteiger partial charge >= 0.3 is 12.0 Å². The molecule has 0 aromatic rings. The second-order valence-corrected chi connectivity index (χ2v) is 4.44. The van der Waals surface area contributed by atoms with Gasteiger partial charge < -0.3 is 14.9 Å². The summed E-state index contributed by atoms with van der Waals surface area (Å²) in [5.41, 5.74) is 0. The van der Waals surface area contributed by atoms with Crippen LogP contribution in [-0.2, 0) is 4.79 Å². The highest BCUT2D eigenvalue weighted by atomic mass is 16.4. The van der Waals surface area contributed by atoms with E-state index in [1.807, 2.05) is 19.9 Å². The number of amides is 2. The second-order valence-electron chi connectivity index (χ2n) is 4.44. The minimum atomic E-state index is -1.03. The van der Waals surface area contributed by atoms with Gasteiger partial charge in [-0.2, -0.15) is 5.26 Å². The number of hydrogen-bond donors (Lipinski definition) is 1. The topological polar surface area (TPSA) is 84.6 Å². The van der Waals surface area contributed by atoms with Crippen LogP contribution in [0.25, 0.3) is 0 Å². The molecule has 0 spiro atoms. The molecule has 0 aromatic carbocycles. The van der Waals surface area contributed by atoms with Crippen LogP contribution in [0.15, 0.2) is 0 Å². The van der Waals surface area contributed by atoms with Crippen LogP contribution in [-0.4, -0.2) is 53.1 Å². The minimum absolute atomic E-state index is 0.253. The molecular formula is C12H21N3O3. The quantitative estimate of drug-likeness (QED) is 0.744. The molecule has 6 nitrogen and oxygen atoms in total. The van der Waals surface area contributed by atoms with Crippen molar-refractivity contribution < 1.29 is 14.7 Å². The molecule has 0 fully saturated rings. The number of carboxylic acids is 1. The summed E-state index contributed by atoms with van der Waals surface area (Å²) in [5, 5.41) is 17.3. The standard InChI is InChI=1S/C12H21N3O3/c1-4-14(9-11(16)17)12(18)15(7-5-6-13)8-10(2)3/h10H,4-5,7-9H2,1-3H3,(H,16,17). The molecule has 0 aromatic heterocycles. The summed E-state index contributed by atoms with van der Waals surface area (Å²) < 4.78 is 0. The molecule has 0 heterocycles. The van der Waals surface area contributed by atoms with Crippen LogP contribution in [0.3, 0.4) is 0 Å². The zero-order valence-electron chi connectivity index (χ0n) is 11.2. The lowest BCUT2D eigenvalue weighted by Crippen LogP contribution is -2.46. The Kier molecular flexibility index (Phi) is 7.52. The molecule has 0 aliphatic rings. The maximum absolute atomic E-state index is 12.1. The van der Waals surface area contributed by atoms with Gasteiger partial charge in [-0.15, -0.1) is 0 Å². The largest absolute Gasteiger partial charge is 0.480 e. The molecule has 6 heteroatoms. The van der Waals surface area contributed by atoms with Gasteiger partial charge in [0.05, 0.1) is 12.5 Å². The Morgan fingerprint density at radius 2 is 1.94 bits per heavy atom. The summed E-state index contributed by atoms with van der Waals surface area (Å²) in [6.07, 6.45) is 0.253. The fraction of sp³-hybridized carbons (Fsp3) is 0.750. The monoisotopic (exact) mass is 255 g/mol. The first-order chi connectivity index (χ1) is 8.42. The van der Waals surface area contributed by atoms with Crippen LogP contribution in [0.1, 0.15) is 27.2 Å². The smallest absolute Gasteiger partial charge is 0.323 e. The second kappa shape index (κ2) is 8.34. The van der Waals surface area contributed by atoms with Gasteiger partial charge in [0, 0.05) is 19.6 Å². The molecule has 0 saturated carbocycles. The fourth-order valence-electron chi connectivity index (χ4n) is 1.57. The van der Waals surface area contributed by atoms with Crippen molar-refractivity contribution in [3.63, 3.8) is 0 Å². The molecule has 102 valence electrons. The average molecular weight is 255 g/mol. The average Bonchev–Trinajstić information content (AvgIpc) is 2.29. The van der Waals surface area contributed by atoms with Crippen molar-refractivity contribution in [2.45, 2.75) is 27.2 Å². The lowest BCUT2D eigenvalue weighted by Gasteiger charge is -2.29. The Morgan fingerprint density at radius 3 is 2.33 bits per heavy atom. The fourth-order valence-corrected chi connectivity index (χ4v) is 1.57. The molecule has 0 aliphatic heterocycles. The van der Waals surface area contributed by atoms with E-state index in [-0.39, 0.29) is 24.9 Å². The SMILES string of the molecule is CCN(CC(=O)O)C(=O)N(CCC#N)CC(C)C. The predicted octanol–water partition coefficient (Wildman–Crippen LogP) is 1.38. The number of urea groups is 1. The summed E-state index contributed by atoms with van der Waals surface area (Å²) in [7, 11) is 0. The number of aliphatic carboxylic acids is 1. The lowest BCUT2D eigenvalue weighted by atomic mass is 10.2. The van der Waals surface area contributed by atoms with E-state index in [2.05, 4.69) is 0 Å². The maximum atomic E-state index is 12.1. The zero-order chi connectivity index (χ0) is 14.1. The van der Waals surface area contributed by atoms with E-state index in [4.69, 9.17) is 10.4 Å². The van der Waals surface area contributed by atoms with Crippen molar-refractivity contribution in [1.29, 1.82) is 5.26 Å². The third kappa shape index (κ3) is 6.09. The number of nitriles is 1. The van der Waals surface area contributed by atoms with Crippen LogP contribution < -0.4 is 0 Å². The number of hydrogen-bond acceptors (Lipinski definition) is 3. The maximum Gasteiger partial charge on any atom is 0.323 e. The van der Waals surface area contributed by atoms with Crippen LogP contribution >= 0.6 is 0 Å². The summed E-state index contributed by atoms with van der Waals surface area (Å²) in [6, 6.07) is 1.68. The number of likely N-dealkylation sites (N-methyl/N-ethyl adjacent to an activating group) is 1. The summed E-state index contributed by atoms with van der Waals surface area (Å²) in [5.74, 6) is -0.758. The van der Waals surface area contributed by atoms with Gasteiger partial charge in [-0.25, -0.2) is 4.79 Å². The molecule has 0 unspecified atom stereocenters. The number of nitrogens with zero attached hydrogens (tertiary/aromatic N) is 3. The summed E-state index contributed by atoms with van der Waals surface area (Å²) in [4.78, 5) is 25.6. The Hall–Kier alpha value is -1.77. The van der Waals surface area contributed by atoms with Gasteiger partial charge in [0.1, 0.15) is 6.54 Å². The van der Waals surface area contributed by atoms with Crippen molar-refractivity contribution in [2.75, 3.05) is 26.2 Å². The van der Waals surface area contributed by atoms with E-state index < -0.39 is 5.97 Å². The van der Waals surface area contributed by atoms with E-state index in [0.29, 0.717) is 19.6 Å². The van der Waals surface area contributed by atoms with Crippen molar-refractivity contribution in [3.05, 3.63) is 0 Å². The van der Waals surface area contributed by atoms with Gasteiger partial charge in [0.25, 0.3) is 0 Å². The van der Waals surface area contributed by atoms with Gasteiger partial charge in [0.2, 0.25) is 0 Å². The first-order valence-corrected chi connectivity index (χ1v) is 6.04. The molecule has 0 atom stereocenters. The lowest BCUT2D eigenvalue weighted by molar-refractivity contribution is -0.137. The Balaban J connectivity index is 4.68. The van der Waals surface area contributed by atoms with E-state index >= 15 is 0 Å². The Morgan fingerprint density at radius 1 is 1.33 bits per heavy atom. The van der Waals surface area contributed by atoms with Gasteiger partial charge in [-0.1, -0.05) is 13.8 Å². The first-order valence-electron chi connectivity index (χ1n) is 6.04. The van der Waals surface area contributed by atoms with Crippen molar-refractivity contribution in [2.24, 2.45) is 5.92 Å². The predicted molar refractivity (Wildman–Crippen MR) is 66.9 cm³/mol. The number of rotatable bonds is 7. The minimum Gasteiger partial charge on any atom is -0.480 e. The van der Waals surface area contributed by atoms with Gasteiger partial charge in [0.15, 0.2) is 0 Å². The molecule has 0 radical (unpaired) electrons. The van der Waals surface area contributed by atoms with Crippen molar-refractivity contribution >= 4 is 12.0 Å². The van der Waals surface area contributed by atoms with E-state index in [1.54, 1.807) is 11.8 Å². The normalized spacial score (nSPS) is 9.94. The van der Waals surface area contributed by atoms with Crippen molar-refractivity contribution in [3.8, 4) is 6.07 Å². The van der Waals surface area contributed by atoms with Crippen LogP contribution in [0.4, 0.5) is 4.79 Å². The first kappa shape index (κ1) is 16.2. The van der Waals surface area contributed by atoms with Crippen LogP contribution in [0, 0.1) is 17.2 Å². The molecule has 0 aliphatic carbocycles. The third-order valence-electron chi connectivity index (χ3n) is 2.33. The third-order valence-corrected chi connectivity index (χ3v) is 2.33. The highest BCUT2D eigenvalue weighted by Gasteiger charge is 2.21. The molecule has 18 heavy (non-hydrogen) atoms. The number of carbonyl (C=O) groups excluding carboxylic acids is 1. The highest BCUT2D eigenvalue weighted by Crippen LogP contribution is 2.05. The molecular weight excluding hydrogens is 234 g/mol. The summed E-state index contributed by atoms with van der Waals surface area (Å²) in [6.45, 7) is 6.57. The number of carboxylic acid groups (broad SMARTS) is 1. The van der Waals surface area contributed by atoms with E-state index in [0.717, 1.165) is 0 Å². The molecule has 1 N–H and O–H groups in total. The Labute approximate surface area is 108 Å². The summed E-state index contributed by atoms with van der Waals surface area (Å²) >= 11 is 0. The Bertz CT molecular complexity index is 323. The zero-order valence-corrected chi connectivity index (χ0v) is 11.2. The van der Waals surface area contributed by atoms with E-state index in [1.165, 1.54) is 4.90 Å². The number of carbonyl (C=O) groups is 2. The molecule has 0 rings (SSSR count). The van der Waals surface area contributed by atoms with Gasteiger partial charge in [-0.3, -0.25) is 4.79 Å².